The zero-order valence-electron chi connectivity index (χ0n) is 20.9. The molecule has 0 unspecified atom stereocenters. The van der Waals surface area contributed by atoms with Crippen LogP contribution in [0.1, 0.15) is 43.2 Å². The highest BCUT2D eigenvalue weighted by atomic mass is 32.1. The molecule has 0 bridgehead atoms. The van der Waals surface area contributed by atoms with Crippen molar-refractivity contribution >= 4 is 39.8 Å². The van der Waals surface area contributed by atoms with Gasteiger partial charge in [0.2, 0.25) is 0 Å². The fourth-order valence-electron chi connectivity index (χ4n) is 4.24. The van der Waals surface area contributed by atoms with Crippen LogP contribution >= 0.6 is 11.3 Å². The molecule has 0 atom stereocenters. The number of benzene rings is 3. The summed E-state index contributed by atoms with van der Waals surface area (Å²) in [6, 6.07) is 21.7. The van der Waals surface area contributed by atoms with E-state index in [9.17, 15) is 9.59 Å². The summed E-state index contributed by atoms with van der Waals surface area (Å²) in [7, 11) is 0. The van der Waals surface area contributed by atoms with Gasteiger partial charge in [0.1, 0.15) is 4.88 Å². The maximum absolute atomic E-state index is 13.0. The number of carbonyl (C=O) groups excluding carboxylic acids is 2. The predicted molar refractivity (Wildman–Crippen MR) is 148 cm³/mol. The molecule has 6 nitrogen and oxygen atoms in total. The average molecular weight is 499 g/mol. The molecule has 4 rings (SSSR count). The van der Waals surface area contributed by atoms with Crippen LogP contribution in [-0.2, 0) is 12.8 Å². The molecule has 3 amide bonds. The van der Waals surface area contributed by atoms with Gasteiger partial charge in [0.25, 0.3) is 5.91 Å². The van der Waals surface area contributed by atoms with E-state index < -0.39 is 6.03 Å². The van der Waals surface area contributed by atoms with E-state index in [1.54, 1.807) is 6.92 Å². The van der Waals surface area contributed by atoms with E-state index in [4.69, 9.17) is 0 Å². The Balaban J connectivity index is 1.41. The first-order valence-electron chi connectivity index (χ1n) is 11.9. The number of carbonyl (C=O) groups is 2. The number of nitrogens with one attached hydrogen (secondary N) is 3. The number of anilines is 3. The summed E-state index contributed by atoms with van der Waals surface area (Å²) in [5.74, 6) is -0.236. The third-order valence-corrected chi connectivity index (χ3v) is 7.00. The standard InChI is InChI=1S/C29H30N4O2S/c1-18-16-19(2)25(20(3)17-18)32-27(34)26-21(4)30-29(36-26)33-28(35)31-24-13-9-8-12-23(24)15-14-22-10-6-5-7-11-22/h5-13,16-17H,14-15H2,1-4H3,(H,32,34)(H2,30,31,33,35). The highest BCUT2D eigenvalue weighted by Crippen LogP contribution is 2.27. The monoisotopic (exact) mass is 498 g/mol. The maximum Gasteiger partial charge on any atom is 0.325 e. The third-order valence-electron chi connectivity index (χ3n) is 5.93. The van der Waals surface area contributed by atoms with Crippen molar-refractivity contribution in [3.05, 3.63) is 105 Å². The van der Waals surface area contributed by atoms with Crippen molar-refractivity contribution in [1.29, 1.82) is 0 Å². The van der Waals surface area contributed by atoms with E-state index in [0.29, 0.717) is 15.7 Å². The van der Waals surface area contributed by atoms with E-state index in [1.807, 2.05) is 75.4 Å². The van der Waals surface area contributed by atoms with E-state index in [2.05, 4.69) is 33.1 Å². The summed E-state index contributed by atoms with van der Waals surface area (Å²) < 4.78 is 0. The van der Waals surface area contributed by atoms with E-state index in [1.165, 1.54) is 5.56 Å². The summed E-state index contributed by atoms with van der Waals surface area (Å²) in [5, 5.41) is 9.09. The lowest BCUT2D eigenvalue weighted by atomic mass is 10.0. The van der Waals surface area contributed by atoms with Gasteiger partial charge in [0.05, 0.1) is 5.69 Å². The van der Waals surface area contributed by atoms with Gasteiger partial charge in [-0.15, -0.1) is 0 Å². The molecule has 1 aromatic heterocycles. The Bertz CT molecular complexity index is 1370. The average Bonchev–Trinajstić information content (AvgIpc) is 3.21. The molecule has 3 aromatic carbocycles. The number of rotatable bonds is 7. The highest BCUT2D eigenvalue weighted by Gasteiger charge is 2.18. The van der Waals surface area contributed by atoms with Gasteiger partial charge >= 0.3 is 6.03 Å². The lowest BCUT2D eigenvalue weighted by Gasteiger charge is -2.12. The number of hydrogen-bond acceptors (Lipinski definition) is 4. The second-order valence-electron chi connectivity index (χ2n) is 8.88. The first-order chi connectivity index (χ1) is 17.3. The second kappa shape index (κ2) is 11.2. The molecule has 0 spiro atoms. The Kier molecular flexibility index (Phi) is 7.80. The van der Waals surface area contributed by atoms with Gasteiger partial charge in [-0.05, 0) is 68.9 Å². The number of aryl methyl sites for hydroxylation is 6. The van der Waals surface area contributed by atoms with Crippen molar-refractivity contribution in [1.82, 2.24) is 4.98 Å². The Morgan fingerprint density at radius 1 is 0.806 bits per heavy atom. The van der Waals surface area contributed by atoms with Crippen LogP contribution in [-0.4, -0.2) is 16.9 Å². The largest absolute Gasteiger partial charge is 0.325 e. The van der Waals surface area contributed by atoms with Gasteiger partial charge in [-0.1, -0.05) is 77.6 Å². The Labute approximate surface area is 215 Å². The van der Waals surface area contributed by atoms with Crippen molar-refractivity contribution in [2.24, 2.45) is 0 Å². The number of amides is 3. The molecule has 4 aromatic rings. The highest BCUT2D eigenvalue weighted by molar-refractivity contribution is 7.17. The van der Waals surface area contributed by atoms with Crippen molar-refractivity contribution in [3.8, 4) is 0 Å². The van der Waals surface area contributed by atoms with Crippen LogP contribution < -0.4 is 16.0 Å². The first-order valence-corrected chi connectivity index (χ1v) is 12.7. The van der Waals surface area contributed by atoms with Gasteiger partial charge in [-0.3, -0.25) is 10.1 Å². The molecule has 1 heterocycles. The molecule has 0 saturated carbocycles. The van der Waals surface area contributed by atoms with E-state index in [0.717, 1.165) is 57.8 Å². The molecule has 0 aliphatic rings. The lowest BCUT2D eigenvalue weighted by molar-refractivity contribution is 0.102. The molecule has 0 radical (unpaired) electrons. The van der Waals surface area contributed by atoms with E-state index in [-0.39, 0.29) is 5.91 Å². The van der Waals surface area contributed by atoms with Gasteiger partial charge < -0.3 is 10.6 Å². The molecule has 7 heteroatoms. The van der Waals surface area contributed by atoms with Crippen molar-refractivity contribution in [3.63, 3.8) is 0 Å². The van der Waals surface area contributed by atoms with Crippen LogP contribution in [0.25, 0.3) is 0 Å². The number of nitrogens with zero attached hydrogens (tertiary/aromatic N) is 1. The molecule has 0 fully saturated rings. The summed E-state index contributed by atoms with van der Waals surface area (Å²) in [4.78, 5) is 30.6. The van der Waals surface area contributed by atoms with Crippen molar-refractivity contribution < 1.29 is 9.59 Å². The Morgan fingerprint density at radius 2 is 1.47 bits per heavy atom. The Hall–Kier alpha value is -3.97. The lowest BCUT2D eigenvalue weighted by Crippen LogP contribution is -2.20. The topological polar surface area (TPSA) is 83.1 Å². The maximum atomic E-state index is 13.0. The third kappa shape index (κ3) is 6.17. The van der Waals surface area contributed by atoms with Crippen molar-refractivity contribution in [2.75, 3.05) is 16.0 Å². The minimum Gasteiger partial charge on any atom is -0.321 e. The minimum absolute atomic E-state index is 0.236. The summed E-state index contributed by atoms with van der Waals surface area (Å²) in [5.41, 5.74) is 7.58. The zero-order valence-corrected chi connectivity index (χ0v) is 21.8. The summed E-state index contributed by atoms with van der Waals surface area (Å²) in [6.07, 6.45) is 1.68. The number of thiazole rings is 1. The van der Waals surface area contributed by atoms with Gasteiger partial charge in [-0.25, -0.2) is 9.78 Å². The van der Waals surface area contributed by atoms with Crippen LogP contribution in [0.4, 0.5) is 21.3 Å². The number of para-hydroxylation sites is 1. The first kappa shape index (κ1) is 25.1. The number of hydrogen-bond donors (Lipinski definition) is 3. The second-order valence-corrected chi connectivity index (χ2v) is 9.88. The van der Waals surface area contributed by atoms with Crippen LogP contribution in [0.5, 0.6) is 0 Å². The fraction of sp³-hybridized carbons (Fsp3) is 0.207. The number of aromatic nitrogens is 1. The Morgan fingerprint density at radius 3 is 2.19 bits per heavy atom. The quantitative estimate of drug-likeness (QED) is 0.255. The van der Waals surface area contributed by atoms with Crippen LogP contribution in [0.3, 0.4) is 0 Å². The molecule has 0 aliphatic carbocycles. The molecular formula is C29H30N4O2S. The van der Waals surface area contributed by atoms with Crippen LogP contribution in [0.15, 0.2) is 66.7 Å². The van der Waals surface area contributed by atoms with Gasteiger partial charge in [0, 0.05) is 11.4 Å². The minimum atomic E-state index is -0.395. The molecule has 36 heavy (non-hydrogen) atoms. The van der Waals surface area contributed by atoms with Gasteiger partial charge in [0.15, 0.2) is 5.13 Å². The normalized spacial score (nSPS) is 10.7. The molecule has 0 saturated heterocycles. The SMILES string of the molecule is Cc1cc(C)c(NC(=O)c2sc(NC(=O)Nc3ccccc3CCc3ccccc3)nc2C)c(C)c1. The fourth-order valence-corrected chi connectivity index (χ4v) is 5.10. The number of urea groups is 1. The molecule has 184 valence electrons. The van der Waals surface area contributed by atoms with Gasteiger partial charge in [-0.2, -0.15) is 0 Å². The van der Waals surface area contributed by atoms with Crippen LogP contribution in [0.2, 0.25) is 0 Å². The molecular weight excluding hydrogens is 468 g/mol. The van der Waals surface area contributed by atoms with Crippen LogP contribution in [0, 0.1) is 27.7 Å². The zero-order chi connectivity index (χ0) is 25.7. The van der Waals surface area contributed by atoms with Crippen molar-refractivity contribution in [2.45, 2.75) is 40.5 Å². The summed E-state index contributed by atoms with van der Waals surface area (Å²) in [6.45, 7) is 7.75. The molecule has 3 N–H and O–H groups in total. The molecule has 0 aliphatic heterocycles. The predicted octanol–water partition coefficient (Wildman–Crippen LogP) is 7.06. The van der Waals surface area contributed by atoms with E-state index >= 15 is 0 Å². The summed E-state index contributed by atoms with van der Waals surface area (Å²) >= 11 is 1.16. The smallest absolute Gasteiger partial charge is 0.321 e.